The highest BCUT2D eigenvalue weighted by Crippen LogP contribution is 2.36. The molecule has 2 heterocycles. The molecule has 1 aromatic heterocycles. The topological polar surface area (TPSA) is 107 Å². The zero-order valence-electron chi connectivity index (χ0n) is 10.6. The summed E-state index contributed by atoms with van der Waals surface area (Å²) in [5, 5.41) is 19.7. The minimum atomic E-state index is -1.18. The minimum absolute atomic E-state index is 0.247. The molecule has 1 aliphatic heterocycles. The molecule has 1 amide bonds. The largest absolute Gasteiger partial charge is 0.465 e. The van der Waals surface area contributed by atoms with Crippen LogP contribution in [-0.4, -0.2) is 39.3 Å². The van der Waals surface area contributed by atoms with Crippen molar-refractivity contribution in [1.29, 1.82) is 0 Å². The van der Waals surface area contributed by atoms with E-state index in [0.717, 1.165) is 0 Å². The van der Waals surface area contributed by atoms with Gasteiger partial charge in [0.2, 0.25) is 0 Å². The number of oxazole rings is 1. The number of benzene rings is 1. The fraction of sp³-hybridized carbons (Fsp3) is 0.385. The van der Waals surface area contributed by atoms with Gasteiger partial charge in [0.25, 0.3) is 0 Å². The molecule has 3 rings (SSSR count). The summed E-state index contributed by atoms with van der Waals surface area (Å²) in [5.74, 6) is -0.570. The van der Waals surface area contributed by atoms with Crippen molar-refractivity contribution < 1.29 is 19.4 Å². The Kier molecular flexibility index (Phi) is 2.79. The molecule has 7 nitrogen and oxygen atoms in total. The highest BCUT2D eigenvalue weighted by atomic mass is 16.4. The molecule has 1 aromatic carbocycles. The number of piperidine rings is 1. The van der Waals surface area contributed by atoms with E-state index in [0.29, 0.717) is 16.7 Å². The molecule has 0 atom stereocenters. The van der Waals surface area contributed by atoms with E-state index in [4.69, 9.17) is 9.52 Å². The first-order chi connectivity index (χ1) is 9.49. The van der Waals surface area contributed by atoms with Crippen molar-refractivity contribution in [3.8, 4) is 0 Å². The zero-order chi connectivity index (χ0) is 14.3. The molecule has 20 heavy (non-hydrogen) atoms. The number of amides is 1. The molecule has 3 N–H and O–H groups in total. The smallest absolute Gasteiger partial charge is 0.417 e. The van der Waals surface area contributed by atoms with E-state index in [1.807, 2.05) is 0 Å². The van der Waals surface area contributed by atoms with Crippen molar-refractivity contribution >= 4 is 17.2 Å². The van der Waals surface area contributed by atoms with Gasteiger partial charge < -0.3 is 19.5 Å². The third kappa shape index (κ3) is 1.96. The van der Waals surface area contributed by atoms with Crippen LogP contribution in [0.2, 0.25) is 0 Å². The molecule has 0 saturated carbocycles. The lowest BCUT2D eigenvalue weighted by molar-refractivity contribution is -0.0208. The molecule has 7 heteroatoms. The average molecular weight is 278 g/mol. The maximum absolute atomic E-state index is 11.3. The number of para-hydroxylation sites is 1. The summed E-state index contributed by atoms with van der Waals surface area (Å²) in [4.78, 5) is 26.0. The van der Waals surface area contributed by atoms with Gasteiger partial charge in [0, 0.05) is 18.7 Å². The Morgan fingerprint density at radius 3 is 2.70 bits per heavy atom. The fourth-order valence-corrected chi connectivity index (χ4v) is 2.68. The second-order valence-electron chi connectivity index (χ2n) is 5.00. The van der Waals surface area contributed by atoms with E-state index in [-0.39, 0.29) is 25.9 Å². The zero-order valence-corrected chi connectivity index (χ0v) is 10.6. The first kappa shape index (κ1) is 12.7. The molecule has 1 fully saturated rings. The highest BCUT2D eigenvalue weighted by molar-refractivity contribution is 5.77. The molecule has 0 radical (unpaired) electrons. The maximum Gasteiger partial charge on any atom is 0.417 e. The van der Waals surface area contributed by atoms with Crippen molar-refractivity contribution in [3.63, 3.8) is 0 Å². The number of nitrogens with one attached hydrogen (secondary N) is 1. The number of aromatic amines is 1. The predicted octanol–water partition coefficient (Wildman–Crippen LogP) is 1.08. The number of likely N-dealkylation sites (tertiary alicyclic amines) is 1. The number of rotatable bonds is 1. The highest BCUT2D eigenvalue weighted by Gasteiger charge is 2.37. The van der Waals surface area contributed by atoms with Crippen LogP contribution in [0.25, 0.3) is 11.1 Å². The Balaban J connectivity index is 1.99. The van der Waals surface area contributed by atoms with E-state index in [1.54, 1.807) is 18.2 Å². The summed E-state index contributed by atoms with van der Waals surface area (Å²) in [7, 11) is 0. The lowest BCUT2D eigenvalue weighted by atomic mass is 9.84. The third-order valence-electron chi connectivity index (χ3n) is 3.81. The SMILES string of the molecule is O=C(O)N1CCC(O)(c2cccc3[nH]c(=O)oc23)CC1. The van der Waals surface area contributed by atoms with E-state index < -0.39 is 17.5 Å². The number of nitrogens with zero attached hydrogens (tertiary/aromatic N) is 1. The van der Waals surface area contributed by atoms with Crippen LogP contribution in [0, 0.1) is 0 Å². The third-order valence-corrected chi connectivity index (χ3v) is 3.81. The summed E-state index contributed by atoms with van der Waals surface area (Å²) in [6.07, 6.45) is -0.445. The Bertz CT molecular complexity index is 709. The van der Waals surface area contributed by atoms with Crippen LogP contribution in [0.4, 0.5) is 4.79 Å². The fourth-order valence-electron chi connectivity index (χ4n) is 2.68. The van der Waals surface area contributed by atoms with Gasteiger partial charge in [-0.25, -0.2) is 9.59 Å². The second kappa shape index (κ2) is 4.38. The molecular formula is C13H14N2O5. The Labute approximate surface area is 113 Å². The summed E-state index contributed by atoms with van der Waals surface area (Å²) in [6.45, 7) is 0.494. The van der Waals surface area contributed by atoms with Gasteiger partial charge in [0.1, 0.15) is 0 Å². The lowest BCUT2D eigenvalue weighted by Crippen LogP contribution is -2.44. The molecule has 0 spiro atoms. The average Bonchev–Trinajstić information content (AvgIpc) is 2.78. The van der Waals surface area contributed by atoms with Crippen molar-refractivity contribution in [2.24, 2.45) is 0 Å². The van der Waals surface area contributed by atoms with Crippen LogP contribution in [0.5, 0.6) is 0 Å². The van der Waals surface area contributed by atoms with Crippen molar-refractivity contribution in [1.82, 2.24) is 9.88 Å². The van der Waals surface area contributed by atoms with Gasteiger partial charge in [-0.3, -0.25) is 4.98 Å². The van der Waals surface area contributed by atoms with E-state index in [2.05, 4.69) is 4.98 Å². The first-order valence-corrected chi connectivity index (χ1v) is 6.32. The van der Waals surface area contributed by atoms with Crippen LogP contribution in [-0.2, 0) is 5.60 Å². The van der Waals surface area contributed by atoms with Gasteiger partial charge in [-0.1, -0.05) is 12.1 Å². The number of aromatic nitrogens is 1. The quantitative estimate of drug-likeness (QED) is 0.723. The molecule has 0 aliphatic carbocycles. The monoisotopic (exact) mass is 278 g/mol. The summed E-state index contributed by atoms with van der Waals surface area (Å²) < 4.78 is 5.09. The Morgan fingerprint density at radius 2 is 2.05 bits per heavy atom. The Hall–Kier alpha value is -2.28. The number of hydrogen-bond donors (Lipinski definition) is 3. The van der Waals surface area contributed by atoms with Crippen LogP contribution in [0.3, 0.4) is 0 Å². The van der Waals surface area contributed by atoms with Crippen molar-refractivity contribution in [2.45, 2.75) is 18.4 Å². The Morgan fingerprint density at radius 1 is 1.35 bits per heavy atom. The molecule has 0 unspecified atom stereocenters. The molecule has 1 saturated heterocycles. The summed E-state index contributed by atoms with van der Waals surface area (Å²) in [5.41, 5.74) is 0.215. The number of fused-ring (bicyclic) bond motifs is 1. The minimum Gasteiger partial charge on any atom is -0.465 e. The molecule has 1 aliphatic rings. The number of carbonyl (C=O) groups is 1. The standard InChI is InChI=1S/C13H14N2O5/c16-11-14-9-3-1-2-8(10(9)20-11)13(19)4-6-15(7-5-13)12(17)18/h1-3,19H,4-7H2,(H,14,16)(H,17,18). The summed E-state index contributed by atoms with van der Waals surface area (Å²) in [6, 6.07) is 5.12. The van der Waals surface area contributed by atoms with Crippen LogP contribution in [0.1, 0.15) is 18.4 Å². The predicted molar refractivity (Wildman–Crippen MR) is 69.6 cm³/mol. The number of H-pyrrole nitrogens is 1. The summed E-state index contributed by atoms with van der Waals surface area (Å²) >= 11 is 0. The number of aliphatic hydroxyl groups is 1. The van der Waals surface area contributed by atoms with Gasteiger partial charge >= 0.3 is 11.8 Å². The van der Waals surface area contributed by atoms with Crippen LogP contribution in [0.15, 0.2) is 27.4 Å². The first-order valence-electron chi connectivity index (χ1n) is 6.32. The van der Waals surface area contributed by atoms with Crippen LogP contribution < -0.4 is 5.76 Å². The molecule has 106 valence electrons. The van der Waals surface area contributed by atoms with Gasteiger partial charge in [0.15, 0.2) is 5.58 Å². The van der Waals surface area contributed by atoms with Gasteiger partial charge in [-0.05, 0) is 18.9 Å². The van der Waals surface area contributed by atoms with Crippen molar-refractivity contribution in [3.05, 3.63) is 34.3 Å². The lowest BCUT2D eigenvalue weighted by Gasteiger charge is -2.37. The molecule has 2 aromatic rings. The normalized spacial score (nSPS) is 18.4. The van der Waals surface area contributed by atoms with E-state index >= 15 is 0 Å². The van der Waals surface area contributed by atoms with Gasteiger partial charge in [-0.2, -0.15) is 0 Å². The van der Waals surface area contributed by atoms with E-state index in [1.165, 1.54) is 4.90 Å². The van der Waals surface area contributed by atoms with Gasteiger partial charge in [-0.15, -0.1) is 0 Å². The number of hydrogen-bond acceptors (Lipinski definition) is 4. The van der Waals surface area contributed by atoms with Crippen LogP contribution >= 0.6 is 0 Å². The maximum atomic E-state index is 11.3. The van der Waals surface area contributed by atoms with Gasteiger partial charge in [0.05, 0.1) is 11.1 Å². The second-order valence-corrected chi connectivity index (χ2v) is 5.00. The molecular weight excluding hydrogens is 264 g/mol. The van der Waals surface area contributed by atoms with Crippen molar-refractivity contribution in [2.75, 3.05) is 13.1 Å². The van der Waals surface area contributed by atoms with E-state index in [9.17, 15) is 14.7 Å². The molecule has 0 bridgehead atoms. The number of carboxylic acid groups (broad SMARTS) is 1.